The van der Waals surface area contributed by atoms with Crippen LogP contribution in [0.5, 0.6) is 5.75 Å². The molecule has 18 heavy (non-hydrogen) atoms. The van der Waals surface area contributed by atoms with Crippen LogP contribution >= 0.6 is 0 Å². The van der Waals surface area contributed by atoms with Gasteiger partial charge < -0.3 is 10.5 Å². The van der Waals surface area contributed by atoms with E-state index in [1.807, 2.05) is 31.2 Å². The van der Waals surface area contributed by atoms with Gasteiger partial charge in [0.15, 0.2) is 0 Å². The Kier molecular flexibility index (Phi) is 6.36. The van der Waals surface area contributed by atoms with Crippen molar-refractivity contribution >= 4 is 10.8 Å². The Labute approximate surface area is 112 Å². The van der Waals surface area contributed by atoms with Gasteiger partial charge in [-0.1, -0.05) is 32.9 Å². The lowest BCUT2D eigenvalue weighted by Gasteiger charge is -2.15. The first-order chi connectivity index (χ1) is 8.54. The van der Waals surface area contributed by atoms with Gasteiger partial charge in [-0.05, 0) is 23.6 Å². The number of ether oxygens (including phenoxy) is 1. The van der Waals surface area contributed by atoms with Crippen LogP contribution < -0.4 is 10.5 Å². The fourth-order valence-electron chi connectivity index (χ4n) is 1.45. The van der Waals surface area contributed by atoms with Crippen molar-refractivity contribution in [1.29, 1.82) is 0 Å². The third-order valence-electron chi connectivity index (χ3n) is 3.07. The van der Waals surface area contributed by atoms with Gasteiger partial charge in [0.25, 0.3) is 0 Å². The molecule has 0 amide bonds. The third kappa shape index (κ3) is 4.78. The van der Waals surface area contributed by atoms with Gasteiger partial charge in [0.05, 0.1) is 12.4 Å². The summed E-state index contributed by atoms with van der Waals surface area (Å²) in [6.07, 6.45) is 0. The number of hydrogen-bond acceptors (Lipinski definition) is 3. The third-order valence-corrected chi connectivity index (χ3v) is 5.01. The van der Waals surface area contributed by atoms with E-state index in [0.717, 1.165) is 11.3 Å². The van der Waals surface area contributed by atoms with Crippen LogP contribution in [0.4, 0.5) is 0 Å². The maximum atomic E-state index is 11.9. The van der Waals surface area contributed by atoms with Crippen LogP contribution in [0.2, 0.25) is 0 Å². The van der Waals surface area contributed by atoms with Gasteiger partial charge in [-0.25, -0.2) is 0 Å². The first-order valence-electron chi connectivity index (χ1n) is 6.33. The fraction of sp³-hybridized carbons (Fsp3) is 0.571. The largest absolute Gasteiger partial charge is 0.493 e. The minimum atomic E-state index is -0.820. The van der Waals surface area contributed by atoms with E-state index in [-0.39, 0.29) is 5.25 Å². The van der Waals surface area contributed by atoms with Crippen molar-refractivity contribution in [1.82, 2.24) is 0 Å². The molecule has 0 heterocycles. The van der Waals surface area contributed by atoms with Crippen LogP contribution in [-0.4, -0.2) is 21.8 Å². The second-order valence-electron chi connectivity index (χ2n) is 4.73. The quantitative estimate of drug-likeness (QED) is 0.826. The predicted octanol–water partition coefficient (Wildman–Crippen LogP) is 2.32. The molecule has 0 aliphatic heterocycles. The van der Waals surface area contributed by atoms with Gasteiger partial charge in [-0.2, -0.15) is 0 Å². The van der Waals surface area contributed by atoms with E-state index in [4.69, 9.17) is 10.5 Å². The van der Waals surface area contributed by atoms with Crippen molar-refractivity contribution < 1.29 is 8.95 Å². The standard InChI is InChI=1S/C14H23NO2S/c1-11(2)12(3)18(16)9-8-17-14-6-4-13(10-15)5-7-14/h4-7,11-12H,8-10,15H2,1-3H3. The minimum absolute atomic E-state index is 0.216. The van der Waals surface area contributed by atoms with E-state index in [1.165, 1.54) is 0 Å². The average molecular weight is 269 g/mol. The molecule has 2 atom stereocenters. The lowest BCUT2D eigenvalue weighted by Crippen LogP contribution is -2.22. The van der Waals surface area contributed by atoms with Crippen LogP contribution in [0.15, 0.2) is 24.3 Å². The molecule has 0 aliphatic rings. The molecule has 0 spiro atoms. The molecule has 3 nitrogen and oxygen atoms in total. The van der Waals surface area contributed by atoms with Crippen LogP contribution in [0.3, 0.4) is 0 Å². The molecule has 0 radical (unpaired) electrons. The van der Waals surface area contributed by atoms with E-state index in [2.05, 4.69) is 13.8 Å². The Hall–Kier alpha value is -0.870. The monoisotopic (exact) mass is 269 g/mol. The SMILES string of the molecule is CC(C)C(C)S(=O)CCOc1ccc(CN)cc1. The summed E-state index contributed by atoms with van der Waals surface area (Å²) in [4.78, 5) is 0. The normalized spacial score (nSPS) is 14.5. The molecule has 0 aromatic heterocycles. The second-order valence-corrected chi connectivity index (χ2v) is 6.64. The topological polar surface area (TPSA) is 52.3 Å². The summed E-state index contributed by atoms with van der Waals surface area (Å²) in [7, 11) is -0.820. The van der Waals surface area contributed by atoms with Crippen LogP contribution in [-0.2, 0) is 17.3 Å². The van der Waals surface area contributed by atoms with Gasteiger partial charge >= 0.3 is 0 Å². The molecule has 1 aromatic rings. The Bertz CT molecular complexity index is 376. The maximum Gasteiger partial charge on any atom is 0.119 e. The zero-order valence-corrected chi connectivity index (χ0v) is 12.2. The zero-order valence-electron chi connectivity index (χ0n) is 11.4. The summed E-state index contributed by atoms with van der Waals surface area (Å²) < 4.78 is 17.5. The Morgan fingerprint density at radius 3 is 2.33 bits per heavy atom. The van der Waals surface area contributed by atoms with E-state index < -0.39 is 10.8 Å². The summed E-state index contributed by atoms with van der Waals surface area (Å²) in [5, 5.41) is 0.216. The van der Waals surface area contributed by atoms with Gasteiger partial charge in [0.2, 0.25) is 0 Å². The summed E-state index contributed by atoms with van der Waals surface area (Å²) >= 11 is 0. The molecular weight excluding hydrogens is 246 g/mol. The van der Waals surface area contributed by atoms with Crippen molar-refractivity contribution in [3.8, 4) is 5.75 Å². The fourth-order valence-corrected chi connectivity index (χ4v) is 2.68. The van der Waals surface area contributed by atoms with E-state index in [0.29, 0.717) is 24.8 Å². The number of benzene rings is 1. The highest BCUT2D eigenvalue weighted by atomic mass is 32.2. The lowest BCUT2D eigenvalue weighted by atomic mass is 10.2. The summed E-state index contributed by atoms with van der Waals surface area (Å²) in [5.41, 5.74) is 6.60. The highest BCUT2D eigenvalue weighted by Crippen LogP contribution is 2.13. The highest BCUT2D eigenvalue weighted by Gasteiger charge is 2.14. The van der Waals surface area contributed by atoms with Crippen molar-refractivity contribution in [2.24, 2.45) is 11.7 Å². The molecule has 102 valence electrons. The Morgan fingerprint density at radius 2 is 1.83 bits per heavy atom. The molecule has 0 bridgehead atoms. The molecule has 0 saturated heterocycles. The first-order valence-corrected chi connectivity index (χ1v) is 7.71. The number of nitrogens with two attached hydrogens (primary N) is 1. The van der Waals surface area contributed by atoms with Crippen LogP contribution in [0, 0.1) is 5.92 Å². The molecule has 4 heteroatoms. The van der Waals surface area contributed by atoms with E-state index >= 15 is 0 Å². The first kappa shape index (κ1) is 15.2. The molecule has 2 unspecified atom stereocenters. The maximum absolute atomic E-state index is 11.9. The van der Waals surface area contributed by atoms with Crippen molar-refractivity contribution in [3.63, 3.8) is 0 Å². The molecule has 0 fully saturated rings. The average Bonchev–Trinajstić information content (AvgIpc) is 2.38. The summed E-state index contributed by atoms with van der Waals surface area (Å²) in [6.45, 7) is 7.24. The minimum Gasteiger partial charge on any atom is -0.493 e. The number of hydrogen-bond donors (Lipinski definition) is 1. The van der Waals surface area contributed by atoms with Gasteiger partial charge in [0.1, 0.15) is 5.75 Å². The predicted molar refractivity (Wildman–Crippen MR) is 77.1 cm³/mol. The van der Waals surface area contributed by atoms with Crippen molar-refractivity contribution in [2.75, 3.05) is 12.4 Å². The molecule has 0 saturated carbocycles. The zero-order chi connectivity index (χ0) is 13.5. The summed E-state index contributed by atoms with van der Waals surface area (Å²) in [5.74, 6) is 1.83. The molecule has 2 N–H and O–H groups in total. The molecule has 1 aromatic carbocycles. The van der Waals surface area contributed by atoms with Gasteiger partial charge in [-0.3, -0.25) is 4.21 Å². The molecule has 1 rings (SSSR count). The summed E-state index contributed by atoms with van der Waals surface area (Å²) in [6, 6.07) is 7.69. The molecular formula is C14H23NO2S. The number of rotatable bonds is 7. The Morgan fingerprint density at radius 1 is 1.22 bits per heavy atom. The highest BCUT2D eigenvalue weighted by molar-refractivity contribution is 7.85. The van der Waals surface area contributed by atoms with Gasteiger partial charge in [0, 0.05) is 22.6 Å². The van der Waals surface area contributed by atoms with E-state index in [1.54, 1.807) is 0 Å². The van der Waals surface area contributed by atoms with Crippen molar-refractivity contribution in [2.45, 2.75) is 32.6 Å². The lowest BCUT2D eigenvalue weighted by molar-refractivity contribution is 0.342. The second kappa shape index (κ2) is 7.54. The van der Waals surface area contributed by atoms with Crippen molar-refractivity contribution in [3.05, 3.63) is 29.8 Å². The Balaban J connectivity index is 2.35. The smallest absolute Gasteiger partial charge is 0.119 e. The van der Waals surface area contributed by atoms with Crippen LogP contribution in [0.1, 0.15) is 26.3 Å². The molecule has 0 aliphatic carbocycles. The van der Waals surface area contributed by atoms with Crippen LogP contribution in [0.25, 0.3) is 0 Å². The van der Waals surface area contributed by atoms with Gasteiger partial charge in [-0.15, -0.1) is 0 Å². The van der Waals surface area contributed by atoms with E-state index in [9.17, 15) is 4.21 Å².